The number of nitrogens with two attached hydrogens (primary N) is 1. The molecule has 0 atom stereocenters. The van der Waals surface area contributed by atoms with Crippen LogP contribution in [0.4, 0.5) is 5.69 Å². The largest absolute Gasteiger partial charge is 0.384 e. The minimum atomic E-state index is -3.50. The first-order chi connectivity index (χ1) is 7.44. The fraction of sp³-hybridized carbons (Fsp3) is 0.222. The maximum absolute atomic E-state index is 11.3. The zero-order chi connectivity index (χ0) is 12.2. The zero-order valence-electron chi connectivity index (χ0n) is 8.82. The highest BCUT2D eigenvalue weighted by molar-refractivity contribution is 7.90. The smallest absolute Gasteiger partial charge is 0.299 e. The summed E-state index contributed by atoms with van der Waals surface area (Å²) in [4.78, 5) is 0. The highest BCUT2D eigenvalue weighted by atomic mass is 32.2. The summed E-state index contributed by atoms with van der Waals surface area (Å²) in [5.41, 5.74) is 6.24. The summed E-state index contributed by atoms with van der Waals surface area (Å²) in [6.07, 6.45) is 0. The van der Waals surface area contributed by atoms with Crippen LogP contribution in [0.3, 0.4) is 0 Å². The number of hydrogen-bond acceptors (Lipinski definition) is 3. The van der Waals surface area contributed by atoms with Gasteiger partial charge in [-0.25, -0.2) is 0 Å². The molecule has 0 unspecified atom stereocenters. The number of amidine groups is 1. The Kier molecular flexibility index (Phi) is 3.86. The fourth-order valence-corrected chi connectivity index (χ4v) is 2.00. The molecule has 0 amide bonds. The zero-order valence-corrected chi connectivity index (χ0v) is 9.64. The molecular formula is C9H14N4O2S. The molecule has 7 heteroatoms. The van der Waals surface area contributed by atoms with Crippen LogP contribution in [-0.2, 0) is 10.2 Å². The van der Waals surface area contributed by atoms with E-state index in [9.17, 15) is 8.42 Å². The molecule has 6 nitrogen and oxygen atoms in total. The number of benzene rings is 1. The lowest BCUT2D eigenvalue weighted by Gasteiger charge is -2.08. The van der Waals surface area contributed by atoms with E-state index in [-0.39, 0.29) is 5.84 Å². The van der Waals surface area contributed by atoms with Crippen molar-refractivity contribution in [1.82, 2.24) is 4.72 Å². The van der Waals surface area contributed by atoms with Crippen molar-refractivity contribution in [3.05, 3.63) is 29.8 Å². The van der Waals surface area contributed by atoms with E-state index in [0.29, 0.717) is 17.8 Å². The molecule has 0 saturated heterocycles. The Bertz CT molecular complexity index is 467. The summed E-state index contributed by atoms with van der Waals surface area (Å²) in [7, 11) is -3.50. The molecule has 1 aromatic rings. The lowest BCUT2D eigenvalue weighted by atomic mass is 10.2. The van der Waals surface area contributed by atoms with Crippen molar-refractivity contribution in [3.8, 4) is 0 Å². The summed E-state index contributed by atoms with van der Waals surface area (Å²) >= 11 is 0. The van der Waals surface area contributed by atoms with Crippen molar-refractivity contribution in [3.63, 3.8) is 0 Å². The molecule has 0 saturated carbocycles. The first-order valence-corrected chi connectivity index (χ1v) is 6.15. The van der Waals surface area contributed by atoms with Gasteiger partial charge in [0.25, 0.3) is 10.2 Å². The molecule has 0 aromatic heterocycles. The van der Waals surface area contributed by atoms with Crippen molar-refractivity contribution in [2.75, 3.05) is 11.3 Å². The molecule has 0 fully saturated rings. The maximum Gasteiger partial charge on any atom is 0.299 e. The van der Waals surface area contributed by atoms with Crippen LogP contribution in [0, 0.1) is 5.41 Å². The molecule has 0 aliphatic rings. The number of hydrogen-bond donors (Lipinski definition) is 4. The molecule has 0 aliphatic carbocycles. The van der Waals surface area contributed by atoms with Crippen LogP contribution in [-0.4, -0.2) is 20.8 Å². The van der Waals surface area contributed by atoms with Crippen LogP contribution in [0.25, 0.3) is 0 Å². The molecule has 0 spiro atoms. The average Bonchev–Trinajstić information content (AvgIpc) is 2.17. The molecule has 0 radical (unpaired) electrons. The third-order valence-electron chi connectivity index (χ3n) is 1.78. The van der Waals surface area contributed by atoms with Crippen molar-refractivity contribution in [2.45, 2.75) is 6.92 Å². The van der Waals surface area contributed by atoms with Gasteiger partial charge in [0.2, 0.25) is 0 Å². The lowest BCUT2D eigenvalue weighted by Crippen LogP contribution is -2.29. The van der Waals surface area contributed by atoms with Crippen LogP contribution < -0.4 is 15.2 Å². The van der Waals surface area contributed by atoms with Gasteiger partial charge >= 0.3 is 0 Å². The van der Waals surface area contributed by atoms with E-state index in [4.69, 9.17) is 11.1 Å². The Morgan fingerprint density at radius 1 is 1.38 bits per heavy atom. The molecule has 5 N–H and O–H groups in total. The van der Waals surface area contributed by atoms with Crippen molar-refractivity contribution < 1.29 is 8.42 Å². The summed E-state index contributed by atoms with van der Waals surface area (Å²) in [6, 6.07) is 6.25. The van der Waals surface area contributed by atoms with Crippen molar-refractivity contribution in [1.29, 1.82) is 5.41 Å². The first-order valence-electron chi connectivity index (χ1n) is 4.66. The summed E-state index contributed by atoms with van der Waals surface area (Å²) < 4.78 is 27.3. The Balaban J connectivity index is 2.80. The van der Waals surface area contributed by atoms with Crippen LogP contribution >= 0.6 is 0 Å². The van der Waals surface area contributed by atoms with Gasteiger partial charge in [0.15, 0.2) is 0 Å². The third-order valence-corrected chi connectivity index (χ3v) is 2.96. The van der Waals surface area contributed by atoms with Gasteiger partial charge in [0.05, 0.1) is 0 Å². The summed E-state index contributed by atoms with van der Waals surface area (Å²) in [5.74, 6) is -0.0545. The van der Waals surface area contributed by atoms with Crippen LogP contribution in [0.5, 0.6) is 0 Å². The Hall–Kier alpha value is -1.60. The number of rotatable bonds is 5. The monoisotopic (exact) mass is 242 g/mol. The molecular weight excluding hydrogens is 228 g/mol. The molecule has 0 heterocycles. The van der Waals surface area contributed by atoms with E-state index in [1.54, 1.807) is 31.2 Å². The van der Waals surface area contributed by atoms with E-state index in [1.165, 1.54) is 0 Å². The van der Waals surface area contributed by atoms with Crippen LogP contribution in [0.1, 0.15) is 12.5 Å². The van der Waals surface area contributed by atoms with Gasteiger partial charge in [-0.05, 0) is 24.3 Å². The fourth-order valence-electron chi connectivity index (χ4n) is 1.10. The topological polar surface area (TPSA) is 108 Å². The Labute approximate surface area is 94.5 Å². The first kappa shape index (κ1) is 12.5. The Morgan fingerprint density at radius 2 is 1.94 bits per heavy atom. The van der Waals surface area contributed by atoms with Gasteiger partial charge in [0, 0.05) is 17.8 Å². The minimum Gasteiger partial charge on any atom is -0.384 e. The van der Waals surface area contributed by atoms with Crippen molar-refractivity contribution in [2.24, 2.45) is 5.73 Å². The average molecular weight is 242 g/mol. The van der Waals surface area contributed by atoms with Gasteiger partial charge in [-0.15, -0.1) is 0 Å². The molecule has 16 heavy (non-hydrogen) atoms. The standard InChI is InChI=1S/C9H14N4O2S/c1-2-12-16(14,15)13-8-5-3-7(4-6-8)9(10)11/h3-6,12-13H,2H2,1H3,(H3,10,11). The van der Waals surface area contributed by atoms with Crippen LogP contribution in [0.2, 0.25) is 0 Å². The van der Waals surface area contributed by atoms with E-state index in [0.717, 1.165) is 0 Å². The van der Waals surface area contributed by atoms with E-state index < -0.39 is 10.2 Å². The normalized spacial score (nSPS) is 11.1. The summed E-state index contributed by atoms with van der Waals surface area (Å²) in [6.45, 7) is 2.01. The van der Waals surface area contributed by atoms with Gasteiger partial charge in [-0.1, -0.05) is 6.92 Å². The highest BCUT2D eigenvalue weighted by Gasteiger charge is 2.07. The van der Waals surface area contributed by atoms with E-state index >= 15 is 0 Å². The van der Waals surface area contributed by atoms with E-state index in [2.05, 4.69) is 9.44 Å². The predicted molar refractivity (Wildman–Crippen MR) is 63.7 cm³/mol. The van der Waals surface area contributed by atoms with Crippen molar-refractivity contribution >= 4 is 21.7 Å². The summed E-state index contributed by atoms with van der Waals surface area (Å²) in [5, 5.41) is 7.18. The third kappa shape index (κ3) is 3.52. The number of nitrogen functional groups attached to an aromatic ring is 1. The molecule has 0 aliphatic heterocycles. The Morgan fingerprint density at radius 3 is 2.38 bits per heavy atom. The predicted octanol–water partition coefficient (Wildman–Crippen LogP) is 0.237. The second-order valence-electron chi connectivity index (χ2n) is 3.09. The quantitative estimate of drug-likeness (QED) is 0.438. The van der Waals surface area contributed by atoms with Gasteiger partial charge in [-0.3, -0.25) is 10.1 Å². The number of anilines is 1. The second kappa shape index (κ2) is 4.95. The minimum absolute atomic E-state index is 0.0545. The molecule has 88 valence electrons. The maximum atomic E-state index is 11.3. The molecule has 1 aromatic carbocycles. The molecule has 1 rings (SSSR count). The highest BCUT2D eigenvalue weighted by Crippen LogP contribution is 2.10. The molecule has 0 bridgehead atoms. The van der Waals surface area contributed by atoms with Gasteiger partial charge < -0.3 is 5.73 Å². The van der Waals surface area contributed by atoms with Crippen LogP contribution in [0.15, 0.2) is 24.3 Å². The van der Waals surface area contributed by atoms with E-state index in [1.807, 2.05) is 0 Å². The SMILES string of the molecule is CCNS(=O)(=O)Nc1ccc(C(=N)N)cc1. The van der Waals surface area contributed by atoms with Gasteiger partial charge in [-0.2, -0.15) is 13.1 Å². The second-order valence-corrected chi connectivity index (χ2v) is 4.59. The lowest BCUT2D eigenvalue weighted by molar-refractivity contribution is 0.589. The van der Waals surface area contributed by atoms with Gasteiger partial charge in [0.1, 0.15) is 5.84 Å². The number of nitrogens with one attached hydrogen (secondary N) is 3.